The SMILES string of the molecule is CC(C)(C)C.O=CNCCN1CCNC(=O)C1.O=CNc1cc(Cl)c(F)cc1[C@@H]1CNC[C@@H]1c1cccc(Cl)c1. The number of rotatable bonds is 8. The van der Waals surface area contributed by atoms with Crippen LogP contribution in [0.25, 0.3) is 0 Å². The maximum absolute atomic E-state index is 14.0. The highest BCUT2D eigenvalue weighted by molar-refractivity contribution is 6.31. The Morgan fingerprint density at radius 2 is 1.77 bits per heavy atom. The summed E-state index contributed by atoms with van der Waals surface area (Å²) in [4.78, 5) is 33.6. The van der Waals surface area contributed by atoms with E-state index in [9.17, 15) is 18.8 Å². The van der Waals surface area contributed by atoms with Crippen LogP contribution in [0.5, 0.6) is 0 Å². The van der Waals surface area contributed by atoms with E-state index in [1.54, 1.807) is 0 Å². The van der Waals surface area contributed by atoms with Gasteiger partial charge in [0.1, 0.15) is 5.82 Å². The first-order chi connectivity index (χ1) is 18.9. The van der Waals surface area contributed by atoms with E-state index in [0.717, 1.165) is 30.8 Å². The van der Waals surface area contributed by atoms with Gasteiger partial charge in [-0.1, -0.05) is 63.0 Å². The first kappa shape index (κ1) is 33.5. The normalized spacial score (nSPS) is 18.8. The topological polar surface area (TPSA) is 103 Å². The number of carbonyl (C=O) groups is 3. The first-order valence-corrected chi connectivity index (χ1v) is 14.0. The summed E-state index contributed by atoms with van der Waals surface area (Å²) in [5.74, 6) is -0.272. The third-order valence-electron chi connectivity index (χ3n) is 5.97. The molecule has 2 saturated heterocycles. The number of amides is 3. The predicted molar refractivity (Wildman–Crippen MR) is 160 cm³/mol. The van der Waals surface area contributed by atoms with Crippen LogP contribution in [-0.4, -0.2) is 69.4 Å². The van der Waals surface area contributed by atoms with Crippen LogP contribution >= 0.6 is 23.2 Å². The Bertz CT molecular complexity index is 1120. The summed E-state index contributed by atoms with van der Waals surface area (Å²) >= 11 is 11.9. The molecule has 0 aromatic heterocycles. The second-order valence-electron chi connectivity index (χ2n) is 11.2. The maximum Gasteiger partial charge on any atom is 0.234 e. The number of halogens is 3. The van der Waals surface area contributed by atoms with Gasteiger partial charge in [0.15, 0.2) is 0 Å². The molecule has 0 radical (unpaired) electrons. The van der Waals surface area contributed by atoms with Gasteiger partial charge in [-0.2, -0.15) is 0 Å². The molecule has 11 heteroatoms. The van der Waals surface area contributed by atoms with Crippen LogP contribution in [0.15, 0.2) is 36.4 Å². The van der Waals surface area contributed by atoms with Crippen LogP contribution in [0.2, 0.25) is 10.0 Å². The summed E-state index contributed by atoms with van der Waals surface area (Å²) in [6.07, 6.45) is 1.24. The van der Waals surface area contributed by atoms with Gasteiger partial charge in [0.25, 0.3) is 0 Å². The number of hydrogen-bond donors (Lipinski definition) is 4. The molecule has 0 saturated carbocycles. The van der Waals surface area contributed by atoms with Crippen LogP contribution in [0.3, 0.4) is 0 Å². The lowest BCUT2D eigenvalue weighted by molar-refractivity contribution is -0.124. The average molecular weight is 597 g/mol. The van der Waals surface area contributed by atoms with Gasteiger partial charge in [0, 0.05) is 61.8 Å². The summed E-state index contributed by atoms with van der Waals surface area (Å²) < 4.78 is 14.0. The van der Waals surface area contributed by atoms with Gasteiger partial charge < -0.3 is 21.3 Å². The molecule has 0 aliphatic carbocycles. The fraction of sp³-hybridized carbons (Fsp3) is 0.483. The van der Waals surface area contributed by atoms with E-state index in [0.29, 0.717) is 55.1 Å². The number of hydrogen-bond acceptors (Lipinski definition) is 5. The Morgan fingerprint density at radius 3 is 2.40 bits per heavy atom. The molecule has 2 fully saturated rings. The van der Waals surface area contributed by atoms with E-state index < -0.39 is 5.82 Å². The Balaban J connectivity index is 0.000000275. The van der Waals surface area contributed by atoms with Crippen molar-refractivity contribution >= 4 is 47.6 Å². The Labute approximate surface area is 246 Å². The quantitative estimate of drug-likeness (QED) is 0.268. The Morgan fingerprint density at radius 1 is 1.07 bits per heavy atom. The number of piperazine rings is 1. The highest BCUT2D eigenvalue weighted by atomic mass is 35.5. The zero-order valence-corrected chi connectivity index (χ0v) is 25.0. The third kappa shape index (κ3) is 11.8. The van der Waals surface area contributed by atoms with E-state index >= 15 is 0 Å². The molecule has 2 atom stereocenters. The van der Waals surface area contributed by atoms with Gasteiger partial charge in [0.05, 0.1) is 11.6 Å². The maximum atomic E-state index is 14.0. The van der Waals surface area contributed by atoms with Crippen molar-refractivity contribution in [2.75, 3.05) is 51.1 Å². The first-order valence-electron chi connectivity index (χ1n) is 13.2. The van der Waals surface area contributed by atoms with Crippen LogP contribution in [0.4, 0.5) is 10.1 Å². The largest absolute Gasteiger partial charge is 0.357 e. The van der Waals surface area contributed by atoms with E-state index in [2.05, 4.69) is 49.0 Å². The third-order valence-corrected chi connectivity index (χ3v) is 6.50. The van der Waals surface area contributed by atoms with Gasteiger partial charge in [-0.25, -0.2) is 4.39 Å². The van der Waals surface area contributed by atoms with Crippen molar-refractivity contribution < 1.29 is 18.8 Å². The zero-order valence-electron chi connectivity index (χ0n) is 23.5. The minimum absolute atomic E-state index is 0.0108. The van der Waals surface area contributed by atoms with Crippen molar-refractivity contribution in [3.05, 3.63) is 63.4 Å². The fourth-order valence-corrected chi connectivity index (χ4v) is 4.68. The molecule has 0 unspecified atom stereocenters. The number of anilines is 1. The summed E-state index contributed by atoms with van der Waals surface area (Å²) in [5.41, 5.74) is 2.85. The summed E-state index contributed by atoms with van der Waals surface area (Å²) in [6, 6.07) is 10.5. The standard InChI is InChI=1S/C17H15Cl2FN2O.C7H13N3O2.C5H12/c18-11-3-1-2-10(4-11)13-7-21-8-14(13)12-5-16(20)15(19)6-17(12)22-9-23;11-6-8-1-3-10-4-2-9-7(12)5-10;1-5(2,3)4/h1-6,9,13-14,21H,7-8H2,(H,22,23);6H,1-5H2,(H,8,11)(H,9,12);1-4H3/t13-,14+;;/m1../s1. The van der Waals surface area contributed by atoms with Crippen LogP contribution < -0.4 is 21.3 Å². The molecule has 0 bridgehead atoms. The number of carbonyl (C=O) groups excluding carboxylic acids is 3. The lowest BCUT2D eigenvalue weighted by atomic mass is 9.83. The van der Waals surface area contributed by atoms with Crippen molar-refractivity contribution in [2.45, 2.75) is 39.5 Å². The number of benzene rings is 2. The lowest BCUT2D eigenvalue weighted by Gasteiger charge is -2.25. The van der Waals surface area contributed by atoms with Gasteiger partial charge in [-0.05, 0) is 40.8 Å². The second kappa shape index (κ2) is 16.5. The molecule has 2 aromatic rings. The van der Waals surface area contributed by atoms with Gasteiger partial charge >= 0.3 is 0 Å². The highest BCUT2D eigenvalue weighted by Crippen LogP contribution is 2.41. The molecule has 8 nitrogen and oxygen atoms in total. The minimum Gasteiger partial charge on any atom is -0.357 e. The van der Waals surface area contributed by atoms with Crippen molar-refractivity contribution in [1.29, 1.82) is 0 Å². The molecule has 2 heterocycles. The highest BCUT2D eigenvalue weighted by Gasteiger charge is 2.32. The molecular formula is C29H40Cl2FN5O3. The zero-order chi connectivity index (χ0) is 29.7. The molecule has 40 heavy (non-hydrogen) atoms. The van der Waals surface area contributed by atoms with E-state index in [1.807, 2.05) is 29.2 Å². The molecule has 3 amide bonds. The molecule has 0 spiro atoms. The number of nitrogens with one attached hydrogen (secondary N) is 4. The molecule has 2 aliphatic rings. The van der Waals surface area contributed by atoms with Gasteiger partial charge in [-0.15, -0.1) is 0 Å². The van der Waals surface area contributed by atoms with Crippen molar-refractivity contribution in [1.82, 2.24) is 20.9 Å². The Kier molecular flexibility index (Phi) is 13.8. The van der Waals surface area contributed by atoms with Crippen LogP contribution in [0.1, 0.15) is 50.7 Å². The minimum atomic E-state index is -0.491. The summed E-state index contributed by atoms with van der Waals surface area (Å²) in [7, 11) is 0. The van der Waals surface area contributed by atoms with Crippen LogP contribution in [-0.2, 0) is 14.4 Å². The predicted octanol–water partition coefficient (Wildman–Crippen LogP) is 4.39. The van der Waals surface area contributed by atoms with Crippen LogP contribution in [0, 0.1) is 11.2 Å². The molecule has 2 aliphatic heterocycles. The van der Waals surface area contributed by atoms with E-state index in [-0.39, 0.29) is 22.8 Å². The monoisotopic (exact) mass is 595 g/mol. The fourth-order valence-electron chi connectivity index (χ4n) is 4.31. The van der Waals surface area contributed by atoms with Crippen molar-refractivity contribution in [3.8, 4) is 0 Å². The smallest absolute Gasteiger partial charge is 0.234 e. The molecule has 220 valence electrons. The lowest BCUT2D eigenvalue weighted by Crippen LogP contribution is -2.49. The van der Waals surface area contributed by atoms with Gasteiger partial charge in [0.2, 0.25) is 18.7 Å². The van der Waals surface area contributed by atoms with Crippen molar-refractivity contribution in [3.63, 3.8) is 0 Å². The Hall–Kier alpha value is -2.72. The number of nitrogens with zero attached hydrogens (tertiary/aromatic N) is 1. The summed E-state index contributed by atoms with van der Waals surface area (Å²) in [6.45, 7) is 13.6. The molecule has 4 N–H and O–H groups in total. The summed E-state index contributed by atoms with van der Waals surface area (Å²) in [5, 5.41) is 11.9. The van der Waals surface area contributed by atoms with E-state index in [4.69, 9.17) is 23.2 Å². The van der Waals surface area contributed by atoms with Gasteiger partial charge in [-0.3, -0.25) is 19.3 Å². The molecule has 4 rings (SSSR count). The van der Waals surface area contributed by atoms with Crippen molar-refractivity contribution in [2.24, 2.45) is 5.41 Å². The second-order valence-corrected chi connectivity index (χ2v) is 12.1. The molecule has 2 aromatic carbocycles. The molecular weight excluding hydrogens is 556 g/mol. The average Bonchev–Trinajstić information content (AvgIpc) is 3.36. The van der Waals surface area contributed by atoms with E-state index in [1.165, 1.54) is 12.1 Å².